The Hall–Kier alpha value is -1.39. The molecule has 0 aliphatic carbocycles. The number of thiophene rings is 1. The van der Waals surface area contributed by atoms with E-state index in [1.807, 2.05) is 35.5 Å². The number of halogens is 1. The van der Waals surface area contributed by atoms with Crippen LogP contribution in [0.3, 0.4) is 0 Å². The summed E-state index contributed by atoms with van der Waals surface area (Å²) >= 11 is 1.64. The first-order valence-corrected chi connectivity index (χ1v) is 6.33. The van der Waals surface area contributed by atoms with E-state index in [-0.39, 0.29) is 11.9 Å². The van der Waals surface area contributed by atoms with Gasteiger partial charge in [-0.3, -0.25) is 0 Å². The van der Waals surface area contributed by atoms with Crippen molar-refractivity contribution in [1.82, 2.24) is 0 Å². The third-order valence-corrected chi connectivity index (χ3v) is 3.77. The quantitative estimate of drug-likeness (QED) is 0.903. The summed E-state index contributed by atoms with van der Waals surface area (Å²) in [6.07, 6.45) is 0. The van der Waals surface area contributed by atoms with Crippen LogP contribution in [0.4, 0.5) is 10.1 Å². The van der Waals surface area contributed by atoms with Crippen LogP contribution in [0.5, 0.6) is 0 Å². The highest BCUT2D eigenvalue weighted by molar-refractivity contribution is 7.10. The minimum atomic E-state index is -0.218. The van der Waals surface area contributed by atoms with Gasteiger partial charge in [0.15, 0.2) is 0 Å². The highest BCUT2D eigenvalue weighted by atomic mass is 32.1. The van der Waals surface area contributed by atoms with Crippen LogP contribution in [0.15, 0.2) is 41.8 Å². The molecule has 1 aromatic heterocycles. The van der Waals surface area contributed by atoms with E-state index < -0.39 is 0 Å². The number of nitrogens with zero attached hydrogens (tertiary/aromatic N) is 1. The van der Waals surface area contributed by atoms with E-state index in [1.54, 1.807) is 23.5 Å². The average molecular weight is 250 g/mol. The number of benzene rings is 1. The van der Waals surface area contributed by atoms with Crippen LogP contribution in [0.25, 0.3) is 0 Å². The SMILES string of the molecule is CN(c1ccccc1F)C(CN)c1cccs1. The van der Waals surface area contributed by atoms with E-state index in [9.17, 15) is 4.39 Å². The van der Waals surface area contributed by atoms with E-state index in [2.05, 4.69) is 0 Å². The van der Waals surface area contributed by atoms with Gasteiger partial charge in [-0.2, -0.15) is 0 Å². The molecule has 0 saturated carbocycles. The molecular formula is C13H15FN2S. The molecule has 90 valence electrons. The zero-order chi connectivity index (χ0) is 12.3. The van der Waals surface area contributed by atoms with Gasteiger partial charge in [0.25, 0.3) is 0 Å². The maximum absolute atomic E-state index is 13.7. The monoisotopic (exact) mass is 250 g/mol. The van der Waals surface area contributed by atoms with Gasteiger partial charge in [-0.15, -0.1) is 11.3 Å². The minimum Gasteiger partial charge on any atom is -0.363 e. The Kier molecular flexibility index (Phi) is 3.76. The van der Waals surface area contributed by atoms with Crippen molar-refractivity contribution >= 4 is 17.0 Å². The van der Waals surface area contributed by atoms with E-state index in [0.717, 1.165) is 4.88 Å². The summed E-state index contributed by atoms with van der Waals surface area (Å²) in [5.74, 6) is -0.218. The number of likely N-dealkylation sites (N-methyl/N-ethyl adjacent to an activating group) is 1. The first kappa shape index (κ1) is 12.1. The molecule has 0 fully saturated rings. The fourth-order valence-electron chi connectivity index (χ4n) is 1.85. The lowest BCUT2D eigenvalue weighted by Crippen LogP contribution is -2.30. The molecule has 1 aromatic carbocycles. The lowest BCUT2D eigenvalue weighted by molar-refractivity contribution is 0.605. The molecule has 0 aliphatic rings. The van der Waals surface area contributed by atoms with Gasteiger partial charge in [0.2, 0.25) is 0 Å². The number of nitrogens with two attached hydrogens (primary N) is 1. The van der Waals surface area contributed by atoms with Crippen molar-refractivity contribution in [3.05, 3.63) is 52.5 Å². The molecule has 0 spiro atoms. The molecule has 2 nitrogen and oxygen atoms in total. The van der Waals surface area contributed by atoms with Crippen LogP contribution in [0, 0.1) is 5.82 Å². The zero-order valence-corrected chi connectivity index (χ0v) is 10.5. The maximum atomic E-state index is 13.7. The van der Waals surface area contributed by atoms with Crippen LogP contribution >= 0.6 is 11.3 Å². The Bertz CT molecular complexity index is 470. The molecule has 2 N–H and O–H groups in total. The lowest BCUT2D eigenvalue weighted by atomic mass is 10.2. The topological polar surface area (TPSA) is 29.3 Å². The predicted molar refractivity (Wildman–Crippen MR) is 70.9 cm³/mol. The number of anilines is 1. The molecular weight excluding hydrogens is 235 g/mol. The largest absolute Gasteiger partial charge is 0.363 e. The summed E-state index contributed by atoms with van der Waals surface area (Å²) in [6.45, 7) is 0.464. The van der Waals surface area contributed by atoms with Gasteiger partial charge in [0.1, 0.15) is 5.82 Å². The van der Waals surface area contributed by atoms with Crippen molar-refractivity contribution in [2.45, 2.75) is 6.04 Å². The van der Waals surface area contributed by atoms with Crippen LogP contribution in [0.1, 0.15) is 10.9 Å². The van der Waals surface area contributed by atoms with Crippen molar-refractivity contribution in [3.63, 3.8) is 0 Å². The molecule has 1 atom stereocenters. The van der Waals surface area contributed by atoms with Gasteiger partial charge < -0.3 is 10.6 Å². The molecule has 0 radical (unpaired) electrons. The third-order valence-electron chi connectivity index (χ3n) is 2.79. The fraction of sp³-hybridized carbons (Fsp3) is 0.231. The van der Waals surface area contributed by atoms with Crippen molar-refractivity contribution in [2.75, 3.05) is 18.5 Å². The highest BCUT2D eigenvalue weighted by Crippen LogP contribution is 2.29. The van der Waals surface area contributed by atoms with Crippen molar-refractivity contribution in [3.8, 4) is 0 Å². The molecule has 4 heteroatoms. The summed E-state index contributed by atoms with van der Waals surface area (Å²) in [5, 5.41) is 2.01. The van der Waals surface area contributed by atoms with Crippen LogP contribution in [-0.4, -0.2) is 13.6 Å². The molecule has 0 amide bonds. The van der Waals surface area contributed by atoms with E-state index in [4.69, 9.17) is 5.73 Å². The maximum Gasteiger partial charge on any atom is 0.146 e. The second kappa shape index (κ2) is 5.29. The summed E-state index contributed by atoms with van der Waals surface area (Å²) in [7, 11) is 1.87. The molecule has 1 heterocycles. The Morgan fingerprint density at radius 2 is 2.06 bits per heavy atom. The number of hydrogen-bond acceptors (Lipinski definition) is 3. The Morgan fingerprint density at radius 3 is 2.65 bits per heavy atom. The number of rotatable bonds is 4. The number of hydrogen-bond donors (Lipinski definition) is 1. The van der Waals surface area contributed by atoms with Gasteiger partial charge >= 0.3 is 0 Å². The smallest absolute Gasteiger partial charge is 0.146 e. The Labute approximate surface area is 104 Å². The molecule has 1 unspecified atom stereocenters. The summed E-state index contributed by atoms with van der Waals surface area (Å²) < 4.78 is 13.7. The molecule has 0 aliphatic heterocycles. The van der Waals surface area contributed by atoms with Gasteiger partial charge in [0, 0.05) is 18.5 Å². The van der Waals surface area contributed by atoms with Gasteiger partial charge in [-0.25, -0.2) is 4.39 Å². The van der Waals surface area contributed by atoms with Gasteiger partial charge in [-0.1, -0.05) is 18.2 Å². The molecule has 0 bridgehead atoms. The summed E-state index contributed by atoms with van der Waals surface area (Å²) in [5.41, 5.74) is 6.37. The van der Waals surface area contributed by atoms with Gasteiger partial charge in [-0.05, 0) is 23.6 Å². The van der Waals surface area contributed by atoms with Crippen molar-refractivity contribution in [2.24, 2.45) is 5.73 Å². The van der Waals surface area contributed by atoms with E-state index >= 15 is 0 Å². The van der Waals surface area contributed by atoms with Crippen LogP contribution < -0.4 is 10.6 Å². The highest BCUT2D eigenvalue weighted by Gasteiger charge is 2.18. The van der Waals surface area contributed by atoms with E-state index in [1.165, 1.54) is 6.07 Å². The molecule has 0 saturated heterocycles. The standard InChI is InChI=1S/C13H15FN2S/c1-16(11-6-3-2-5-10(11)14)12(9-15)13-7-4-8-17-13/h2-8,12H,9,15H2,1H3. The molecule has 2 rings (SSSR count). The predicted octanol–water partition coefficient (Wildman–Crippen LogP) is 3.02. The second-order valence-electron chi connectivity index (χ2n) is 3.83. The Balaban J connectivity index is 2.30. The van der Waals surface area contributed by atoms with Crippen molar-refractivity contribution < 1.29 is 4.39 Å². The fourth-order valence-corrected chi connectivity index (χ4v) is 2.73. The first-order valence-electron chi connectivity index (χ1n) is 5.45. The third kappa shape index (κ3) is 2.48. The minimum absolute atomic E-state index is 0.0203. The van der Waals surface area contributed by atoms with Crippen molar-refractivity contribution in [1.29, 1.82) is 0 Å². The van der Waals surface area contributed by atoms with Crippen LogP contribution in [-0.2, 0) is 0 Å². The first-order chi connectivity index (χ1) is 8.24. The summed E-state index contributed by atoms with van der Waals surface area (Å²) in [4.78, 5) is 3.04. The lowest BCUT2D eigenvalue weighted by Gasteiger charge is -2.28. The summed E-state index contributed by atoms with van der Waals surface area (Å²) in [6, 6.07) is 10.8. The zero-order valence-electron chi connectivity index (χ0n) is 9.64. The number of para-hydroxylation sites is 1. The molecule has 2 aromatic rings. The molecule has 17 heavy (non-hydrogen) atoms. The second-order valence-corrected chi connectivity index (χ2v) is 4.81. The van der Waals surface area contributed by atoms with Crippen LogP contribution in [0.2, 0.25) is 0 Å². The average Bonchev–Trinajstić information content (AvgIpc) is 2.84. The van der Waals surface area contributed by atoms with Gasteiger partial charge in [0.05, 0.1) is 11.7 Å². The van der Waals surface area contributed by atoms with E-state index in [0.29, 0.717) is 12.2 Å². The Morgan fingerprint density at radius 1 is 1.29 bits per heavy atom. The normalized spacial score (nSPS) is 12.4.